The number of H-pyrrole nitrogens is 1. The molecule has 0 aromatic carbocycles. The quantitative estimate of drug-likeness (QED) is 0.882. The predicted octanol–water partition coefficient (Wildman–Crippen LogP) is 1.05. The summed E-state index contributed by atoms with van der Waals surface area (Å²) in [4.78, 5) is 13.2. The van der Waals surface area contributed by atoms with Crippen LogP contribution in [0.25, 0.3) is 0 Å². The third kappa shape index (κ3) is 2.96. The number of rotatable bonds is 4. The summed E-state index contributed by atoms with van der Waals surface area (Å²) in [5.41, 5.74) is -0.205. The molecular weight excluding hydrogens is 292 g/mol. The molecule has 0 aliphatic rings. The van der Waals surface area contributed by atoms with E-state index in [9.17, 15) is 13.2 Å². The maximum absolute atomic E-state index is 12.0. The first-order chi connectivity index (χ1) is 8.92. The van der Waals surface area contributed by atoms with Crippen molar-refractivity contribution < 1.29 is 8.42 Å². The first-order valence-corrected chi connectivity index (χ1v) is 7.22. The fourth-order valence-corrected chi connectivity index (χ4v) is 2.65. The van der Waals surface area contributed by atoms with Crippen LogP contribution in [-0.4, -0.2) is 23.2 Å². The Balaban J connectivity index is 2.31. The fourth-order valence-electron chi connectivity index (χ4n) is 1.40. The first-order valence-electron chi connectivity index (χ1n) is 5.36. The van der Waals surface area contributed by atoms with Crippen LogP contribution in [0.1, 0.15) is 6.92 Å². The number of sulfonamides is 1. The number of hydrogen-bond donors (Lipinski definition) is 2. The highest BCUT2D eigenvalue weighted by atomic mass is 35.5. The molecule has 0 saturated carbocycles. The second-order valence-electron chi connectivity index (χ2n) is 3.70. The summed E-state index contributed by atoms with van der Waals surface area (Å²) in [5.74, 6) is 0. The van der Waals surface area contributed by atoms with E-state index in [1.807, 2.05) is 6.92 Å². The van der Waals surface area contributed by atoms with Gasteiger partial charge in [0, 0.05) is 18.9 Å². The van der Waals surface area contributed by atoms with Crippen molar-refractivity contribution in [1.29, 1.82) is 0 Å². The molecule has 0 bridgehead atoms. The van der Waals surface area contributed by atoms with E-state index in [-0.39, 0.29) is 9.92 Å². The molecule has 7 nitrogen and oxygen atoms in total. The Hall–Kier alpha value is -1.80. The van der Waals surface area contributed by atoms with E-state index in [4.69, 9.17) is 11.6 Å². The lowest BCUT2D eigenvalue weighted by molar-refractivity contribution is 0.600. The average molecular weight is 303 g/mol. The minimum Gasteiger partial charge on any atom is -0.326 e. The molecule has 2 aromatic rings. The average Bonchev–Trinajstić information content (AvgIpc) is 2.79. The smallest absolute Gasteiger partial charge is 0.266 e. The normalized spacial score (nSPS) is 11.5. The molecule has 102 valence electrons. The molecule has 0 unspecified atom stereocenters. The van der Waals surface area contributed by atoms with Gasteiger partial charge in [-0.25, -0.2) is 8.42 Å². The van der Waals surface area contributed by atoms with Crippen molar-refractivity contribution in [1.82, 2.24) is 14.8 Å². The van der Waals surface area contributed by atoms with Crippen LogP contribution < -0.4 is 10.3 Å². The summed E-state index contributed by atoms with van der Waals surface area (Å²) < 4.78 is 28.0. The number of halogens is 1. The van der Waals surface area contributed by atoms with E-state index < -0.39 is 15.6 Å². The number of aryl methyl sites for hydroxylation is 1. The van der Waals surface area contributed by atoms with Gasteiger partial charge >= 0.3 is 0 Å². The molecule has 0 atom stereocenters. The highest BCUT2D eigenvalue weighted by Gasteiger charge is 2.16. The van der Waals surface area contributed by atoms with Crippen LogP contribution in [0.15, 0.2) is 34.3 Å². The molecule has 0 radical (unpaired) electrons. The van der Waals surface area contributed by atoms with Gasteiger partial charge in [-0.3, -0.25) is 14.2 Å². The number of aromatic amines is 1. The van der Waals surface area contributed by atoms with Crippen molar-refractivity contribution >= 4 is 27.3 Å². The largest absolute Gasteiger partial charge is 0.326 e. The second-order valence-corrected chi connectivity index (χ2v) is 5.79. The Morgan fingerprint density at radius 1 is 1.53 bits per heavy atom. The zero-order valence-electron chi connectivity index (χ0n) is 9.92. The molecule has 2 N–H and O–H groups in total. The number of aromatic nitrogens is 3. The SMILES string of the molecule is CCn1cc(NS(=O)(=O)c2c[nH]c(=O)c(Cl)c2)cn1. The number of pyridine rings is 1. The van der Waals surface area contributed by atoms with E-state index in [1.54, 1.807) is 10.9 Å². The topological polar surface area (TPSA) is 96.9 Å². The van der Waals surface area contributed by atoms with E-state index in [2.05, 4.69) is 14.8 Å². The Morgan fingerprint density at radius 2 is 2.26 bits per heavy atom. The van der Waals surface area contributed by atoms with Gasteiger partial charge in [0.05, 0.1) is 11.9 Å². The van der Waals surface area contributed by atoms with Crippen LogP contribution in [0.3, 0.4) is 0 Å². The monoisotopic (exact) mass is 302 g/mol. The highest BCUT2D eigenvalue weighted by molar-refractivity contribution is 7.92. The number of nitrogens with one attached hydrogen (secondary N) is 2. The van der Waals surface area contributed by atoms with E-state index in [0.29, 0.717) is 12.2 Å². The molecule has 0 aliphatic carbocycles. The summed E-state index contributed by atoms with van der Waals surface area (Å²) in [6.45, 7) is 2.51. The van der Waals surface area contributed by atoms with Gasteiger partial charge in [0.15, 0.2) is 0 Å². The summed E-state index contributed by atoms with van der Waals surface area (Å²) >= 11 is 5.60. The molecule has 0 saturated heterocycles. The van der Waals surface area contributed by atoms with Crippen LogP contribution >= 0.6 is 11.6 Å². The molecular formula is C10H11ClN4O3S. The molecule has 0 amide bonds. The third-order valence-electron chi connectivity index (χ3n) is 2.35. The van der Waals surface area contributed by atoms with Crippen LogP contribution in [0.4, 0.5) is 5.69 Å². The minimum atomic E-state index is -3.81. The number of anilines is 1. The van der Waals surface area contributed by atoms with Gasteiger partial charge in [-0.2, -0.15) is 5.10 Å². The zero-order valence-corrected chi connectivity index (χ0v) is 11.5. The Kier molecular flexibility index (Phi) is 3.63. The number of hydrogen-bond acceptors (Lipinski definition) is 4. The maximum atomic E-state index is 12.0. The van der Waals surface area contributed by atoms with Gasteiger partial charge in [-0.1, -0.05) is 11.6 Å². The van der Waals surface area contributed by atoms with Gasteiger partial charge in [0.25, 0.3) is 15.6 Å². The lowest BCUT2D eigenvalue weighted by Gasteiger charge is -2.05. The molecule has 2 heterocycles. The summed E-state index contributed by atoms with van der Waals surface area (Å²) in [6, 6.07) is 1.09. The van der Waals surface area contributed by atoms with Crippen LogP contribution in [0, 0.1) is 0 Å². The molecule has 9 heteroatoms. The van der Waals surface area contributed by atoms with Crippen molar-refractivity contribution in [2.45, 2.75) is 18.4 Å². The van der Waals surface area contributed by atoms with Gasteiger partial charge < -0.3 is 4.98 Å². The highest BCUT2D eigenvalue weighted by Crippen LogP contribution is 2.15. The summed E-state index contributed by atoms with van der Waals surface area (Å²) in [5, 5.41) is 3.76. The second kappa shape index (κ2) is 5.06. The Bertz CT molecular complexity index is 750. The van der Waals surface area contributed by atoms with Crippen LogP contribution in [0.5, 0.6) is 0 Å². The molecule has 0 aliphatic heterocycles. The minimum absolute atomic E-state index is 0.124. The van der Waals surface area contributed by atoms with Crippen molar-refractivity contribution in [3.8, 4) is 0 Å². The van der Waals surface area contributed by atoms with Crippen LogP contribution in [0.2, 0.25) is 5.02 Å². The van der Waals surface area contributed by atoms with Crippen LogP contribution in [-0.2, 0) is 16.6 Å². The van der Waals surface area contributed by atoms with E-state index >= 15 is 0 Å². The molecule has 2 aromatic heterocycles. The lowest BCUT2D eigenvalue weighted by atomic mass is 10.5. The summed E-state index contributed by atoms with van der Waals surface area (Å²) in [7, 11) is -3.81. The van der Waals surface area contributed by atoms with E-state index in [1.165, 1.54) is 6.20 Å². The maximum Gasteiger partial charge on any atom is 0.266 e. The zero-order chi connectivity index (χ0) is 14.0. The van der Waals surface area contributed by atoms with Crippen molar-refractivity contribution in [2.75, 3.05) is 4.72 Å². The lowest BCUT2D eigenvalue weighted by Crippen LogP contribution is -2.15. The summed E-state index contributed by atoms with van der Waals surface area (Å²) in [6.07, 6.45) is 4.04. The Labute approximate surface area is 114 Å². The standard InChI is InChI=1S/C10H11ClN4O3S/c1-2-15-6-7(4-13-15)14-19(17,18)8-3-9(11)10(16)12-5-8/h3-6,14H,2H2,1H3,(H,12,16). The fraction of sp³-hybridized carbons (Fsp3) is 0.200. The first kappa shape index (κ1) is 13.6. The van der Waals surface area contributed by atoms with Crippen molar-refractivity contribution in [3.05, 3.63) is 40.0 Å². The predicted molar refractivity (Wildman–Crippen MR) is 70.8 cm³/mol. The van der Waals surface area contributed by atoms with Crippen molar-refractivity contribution in [2.24, 2.45) is 0 Å². The molecule has 2 rings (SSSR count). The van der Waals surface area contributed by atoms with Gasteiger partial charge in [-0.05, 0) is 13.0 Å². The molecule has 19 heavy (non-hydrogen) atoms. The molecule has 0 spiro atoms. The van der Waals surface area contributed by atoms with Gasteiger partial charge in [-0.15, -0.1) is 0 Å². The van der Waals surface area contributed by atoms with Gasteiger partial charge in [0.2, 0.25) is 0 Å². The van der Waals surface area contributed by atoms with Gasteiger partial charge in [0.1, 0.15) is 9.92 Å². The van der Waals surface area contributed by atoms with E-state index in [0.717, 1.165) is 12.3 Å². The third-order valence-corrected chi connectivity index (χ3v) is 3.99. The van der Waals surface area contributed by atoms with Crippen molar-refractivity contribution in [3.63, 3.8) is 0 Å². The Morgan fingerprint density at radius 3 is 2.84 bits per heavy atom. The molecule has 0 fully saturated rings. The number of nitrogens with zero attached hydrogens (tertiary/aromatic N) is 2.